The molecule has 1 heterocycles. The zero-order valence-corrected chi connectivity index (χ0v) is 14.6. The maximum atomic E-state index is 12.2. The average Bonchev–Trinajstić information content (AvgIpc) is 3.08. The van der Waals surface area contributed by atoms with Gasteiger partial charge in [-0.15, -0.1) is 0 Å². The van der Waals surface area contributed by atoms with Gasteiger partial charge in [-0.3, -0.25) is 9.59 Å². The fourth-order valence-corrected chi connectivity index (χ4v) is 2.52. The topological polar surface area (TPSA) is 73.9 Å². The molecule has 1 aliphatic rings. The Kier molecular flexibility index (Phi) is 5.22. The van der Waals surface area contributed by atoms with E-state index in [0.29, 0.717) is 29.4 Å². The summed E-state index contributed by atoms with van der Waals surface area (Å²) in [7, 11) is 0. The highest BCUT2D eigenvalue weighted by molar-refractivity contribution is 6.08. The van der Waals surface area contributed by atoms with E-state index in [2.05, 4.69) is 5.32 Å². The molecule has 2 aromatic rings. The number of anilines is 1. The van der Waals surface area contributed by atoms with Gasteiger partial charge in [-0.05, 0) is 43.7 Å². The number of nitrogens with one attached hydrogen (secondary N) is 1. The van der Waals surface area contributed by atoms with Crippen LogP contribution in [0.4, 0.5) is 5.69 Å². The van der Waals surface area contributed by atoms with Crippen molar-refractivity contribution < 1.29 is 23.8 Å². The smallest absolute Gasteiger partial charge is 0.248 e. The minimum atomic E-state index is -0.347. The van der Waals surface area contributed by atoms with E-state index in [4.69, 9.17) is 14.2 Å². The third-order valence-electron chi connectivity index (χ3n) is 3.77. The van der Waals surface area contributed by atoms with Crippen molar-refractivity contribution in [3.8, 4) is 17.2 Å². The van der Waals surface area contributed by atoms with Crippen LogP contribution in [0.25, 0.3) is 6.08 Å². The molecule has 6 heteroatoms. The zero-order valence-electron chi connectivity index (χ0n) is 14.6. The van der Waals surface area contributed by atoms with Crippen LogP contribution < -0.4 is 19.5 Å². The van der Waals surface area contributed by atoms with Crippen molar-refractivity contribution in [3.05, 3.63) is 53.6 Å². The second-order valence-corrected chi connectivity index (χ2v) is 5.63. The third-order valence-corrected chi connectivity index (χ3v) is 3.77. The summed E-state index contributed by atoms with van der Waals surface area (Å²) in [5, 5.41) is 2.72. The largest absolute Gasteiger partial charge is 0.494 e. The first-order valence-corrected chi connectivity index (χ1v) is 8.23. The predicted molar refractivity (Wildman–Crippen MR) is 97.8 cm³/mol. The number of carbonyl (C=O) groups is 2. The van der Waals surface area contributed by atoms with E-state index >= 15 is 0 Å². The number of ketones is 1. The Labute approximate surface area is 151 Å². The van der Waals surface area contributed by atoms with Crippen molar-refractivity contribution >= 4 is 23.5 Å². The first-order chi connectivity index (χ1) is 12.6. The lowest BCUT2D eigenvalue weighted by Gasteiger charge is -2.09. The predicted octanol–water partition coefficient (Wildman–Crippen LogP) is 3.67. The summed E-state index contributed by atoms with van der Waals surface area (Å²) in [6, 6.07) is 10.6. The molecule has 1 aliphatic heterocycles. The van der Waals surface area contributed by atoms with E-state index in [1.807, 2.05) is 31.2 Å². The Morgan fingerprint density at radius 2 is 1.85 bits per heavy atom. The van der Waals surface area contributed by atoms with Crippen LogP contribution in [0.1, 0.15) is 29.8 Å². The van der Waals surface area contributed by atoms with Crippen LogP contribution in [0.5, 0.6) is 17.2 Å². The Morgan fingerprint density at radius 1 is 1.15 bits per heavy atom. The highest BCUT2D eigenvalue weighted by Crippen LogP contribution is 2.37. The van der Waals surface area contributed by atoms with Crippen molar-refractivity contribution in [2.75, 3.05) is 18.7 Å². The van der Waals surface area contributed by atoms with Crippen LogP contribution in [0.15, 0.2) is 42.5 Å². The van der Waals surface area contributed by atoms with E-state index < -0.39 is 0 Å². The summed E-state index contributed by atoms with van der Waals surface area (Å²) in [4.78, 5) is 24.1. The molecule has 0 radical (unpaired) electrons. The van der Waals surface area contributed by atoms with Crippen LogP contribution in [-0.2, 0) is 4.79 Å². The van der Waals surface area contributed by atoms with Gasteiger partial charge < -0.3 is 19.5 Å². The maximum absolute atomic E-state index is 12.2. The van der Waals surface area contributed by atoms with Gasteiger partial charge in [0.05, 0.1) is 12.3 Å². The first kappa shape index (κ1) is 17.5. The molecule has 0 fully saturated rings. The fraction of sp³-hybridized carbons (Fsp3) is 0.200. The lowest BCUT2D eigenvalue weighted by molar-refractivity contribution is -0.111. The van der Waals surface area contributed by atoms with Crippen molar-refractivity contribution in [2.45, 2.75) is 13.8 Å². The molecule has 3 rings (SSSR count). The summed E-state index contributed by atoms with van der Waals surface area (Å²) in [6.45, 7) is 4.06. The number of ether oxygens (including phenoxy) is 3. The van der Waals surface area contributed by atoms with Gasteiger partial charge in [-0.25, -0.2) is 0 Å². The highest BCUT2D eigenvalue weighted by Gasteiger charge is 2.19. The Morgan fingerprint density at radius 3 is 2.50 bits per heavy atom. The summed E-state index contributed by atoms with van der Waals surface area (Å²) in [6.07, 6.45) is 3.09. The van der Waals surface area contributed by atoms with Crippen LogP contribution in [0, 0.1) is 0 Å². The molecule has 0 atom stereocenters. The Hall–Kier alpha value is -3.28. The molecule has 134 valence electrons. The number of amides is 1. The number of benzene rings is 2. The van der Waals surface area contributed by atoms with Gasteiger partial charge in [-0.2, -0.15) is 0 Å². The Balaban J connectivity index is 1.72. The molecule has 26 heavy (non-hydrogen) atoms. The van der Waals surface area contributed by atoms with E-state index in [-0.39, 0.29) is 18.5 Å². The summed E-state index contributed by atoms with van der Waals surface area (Å²) in [5.74, 6) is 1.26. The van der Waals surface area contributed by atoms with Crippen molar-refractivity contribution in [1.82, 2.24) is 0 Å². The van der Waals surface area contributed by atoms with E-state index in [9.17, 15) is 9.59 Å². The van der Waals surface area contributed by atoms with Gasteiger partial charge in [0.25, 0.3) is 0 Å². The van der Waals surface area contributed by atoms with E-state index in [1.165, 1.54) is 13.0 Å². The molecular formula is C20H19NO5. The molecule has 2 aromatic carbocycles. The zero-order chi connectivity index (χ0) is 18.5. The van der Waals surface area contributed by atoms with Gasteiger partial charge in [0.1, 0.15) is 5.75 Å². The number of Topliss-reactive ketones (excluding diaryl/α,β-unsaturated/α-hetero) is 1. The quantitative estimate of drug-likeness (QED) is 0.634. The van der Waals surface area contributed by atoms with Crippen molar-refractivity contribution in [1.29, 1.82) is 0 Å². The molecule has 6 nitrogen and oxygen atoms in total. The van der Waals surface area contributed by atoms with Gasteiger partial charge in [0.2, 0.25) is 12.7 Å². The standard InChI is InChI=1S/C20H19NO5/c1-3-24-15-7-4-14(5-8-15)6-9-20(23)21-17-11-19-18(25-12-26-19)10-16(17)13(2)22/h4-11H,3,12H2,1-2H3,(H,21,23)/b9-6+. The van der Waals surface area contributed by atoms with Crippen molar-refractivity contribution in [2.24, 2.45) is 0 Å². The molecule has 0 saturated heterocycles. The minimum Gasteiger partial charge on any atom is -0.494 e. The number of carbonyl (C=O) groups excluding carboxylic acids is 2. The third kappa shape index (κ3) is 4.03. The fourth-order valence-electron chi connectivity index (χ4n) is 2.52. The van der Waals surface area contributed by atoms with Gasteiger partial charge in [-0.1, -0.05) is 12.1 Å². The van der Waals surface area contributed by atoms with Crippen LogP contribution in [0.2, 0.25) is 0 Å². The van der Waals surface area contributed by atoms with Crippen molar-refractivity contribution in [3.63, 3.8) is 0 Å². The number of hydrogen-bond donors (Lipinski definition) is 1. The van der Waals surface area contributed by atoms with Crippen LogP contribution in [0.3, 0.4) is 0 Å². The molecule has 0 bridgehead atoms. The molecule has 0 unspecified atom stereocenters. The molecule has 1 amide bonds. The number of hydrogen-bond acceptors (Lipinski definition) is 5. The highest BCUT2D eigenvalue weighted by atomic mass is 16.7. The summed E-state index contributed by atoms with van der Waals surface area (Å²) < 4.78 is 16.0. The number of rotatable bonds is 6. The molecule has 0 spiro atoms. The minimum absolute atomic E-state index is 0.0989. The SMILES string of the molecule is CCOc1ccc(/C=C/C(=O)Nc2cc3c(cc2C(C)=O)OCO3)cc1. The molecule has 0 aliphatic carbocycles. The molecule has 1 N–H and O–H groups in total. The second kappa shape index (κ2) is 7.74. The van der Waals surface area contributed by atoms with Crippen LogP contribution in [-0.4, -0.2) is 25.1 Å². The van der Waals surface area contributed by atoms with Gasteiger partial charge >= 0.3 is 0 Å². The summed E-state index contributed by atoms with van der Waals surface area (Å²) >= 11 is 0. The first-order valence-electron chi connectivity index (χ1n) is 8.23. The number of fused-ring (bicyclic) bond motifs is 1. The van der Waals surface area contributed by atoms with Crippen LogP contribution >= 0.6 is 0 Å². The van der Waals surface area contributed by atoms with E-state index in [1.54, 1.807) is 18.2 Å². The molecular weight excluding hydrogens is 334 g/mol. The lowest BCUT2D eigenvalue weighted by atomic mass is 10.1. The monoisotopic (exact) mass is 353 g/mol. The summed E-state index contributed by atoms with van der Waals surface area (Å²) in [5.41, 5.74) is 1.63. The lowest BCUT2D eigenvalue weighted by Crippen LogP contribution is -2.11. The average molecular weight is 353 g/mol. The second-order valence-electron chi connectivity index (χ2n) is 5.63. The van der Waals surface area contributed by atoms with Gasteiger partial charge in [0, 0.05) is 17.7 Å². The Bertz CT molecular complexity index is 855. The van der Waals surface area contributed by atoms with Gasteiger partial charge in [0.15, 0.2) is 17.3 Å². The normalized spacial score (nSPS) is 12.2. The maximum Gasteiger partial charge on any atom is 0.248 e. The molecule has 0 aromatic heterocycles. The van der Waals surface area contributed by atoms with E-state index in [0.717, 1.165) is 11.3 Å². The molecule has 0 saturated carbocycles.